The molecule has 3 atom stereocenters. The fourth-order valence-corrected chi connectivity index (χ4v) is 9.60. The normalized spacial score (nSPS) is 28.7. The number of phenolic OH excluding ortho intramolecular Hbond substituents is 1. The average molecular weight is 764 g/mol. The van der Waals surface area contributed by atoms with E-state index in [1.807, 2.05) is 25.7 Å². The van der Waals surface area contributed by atoms with Crippen LogP contribution in [0.5, 0.6) is 17.6 Å². The summed E-state index contributed by atoms with van der Waals surface area (Å²) in [6.45, 7) is 9.85. The number of piperidine rings is 1. The van der Waals surface area contributed by atoms with E-state index in [1.54, 1.807) is 13.0 Å². The zero-order valence-electron chi connectivity index (χ0n) is 32.7. The van der Waals surface area contributed by atoms with Gasteiger partial charge in [0.1, 0.15) is 39.6 Å². The van der Waals surface area contributed by atoms with Crippen molar-refractivity contribution in [1.29, 1.82) is 0 Å². The number of aliphatic hydroxyl groups is 2. The van der Waals surface area contributed by atoms with Gasteiger partial charge in [-0.15, -0.1) is 0 Å². The highest BCUT2D eigenvalue weighted by Gasteiger charge is 2.50. The molecule has 2 saturated carbocycles. The minimum Gasteiger partial charge on any atom is -0.508 e. The van der Waals surface area contributed by atoms with E-state index in [1.165, 1.54) is 31.4 Å². The summed E-state index contributed by atoms with van der Waals surface area (Å²) < 4.78 is 50.6. The van der Waals surface area contributed by atoms with Crippen molar-refractivity contribution < 1.29 is 38.3 Å². The molecule has 4 aromatic rings. The SMILES string of the molecule is CC.COc1nc(-c2cc(O)cc3cccc(F)c23)c(F)c2nc(OCC34CCCC3N(C3CCC(C)(O)CC3)CCC4)nc(N3CCOC[C@@](C)(O)C3)c12. The monoisotopic (exact) mass is 763 g/mol. The van der Waals surface area contributed by atoms with Crippen LogP contribution in [0.1, 0.15) is 85.5 Å². The summed E-state index contributed by atoms with van der Waals surface area (Å²) in [6, 6.07) is 7.86. The first kappa shape index (κ1) is 39.3. The number of pyridine rings is 1. The van der Waals surface area contributed by atoms with Gasteiger partial charge >= 0.3 is 6.01 Å². The highest BCUT2D eigenvalue weighted by atomic mass is 19.1. The van der Waals surface area contributed by atoms with Gasteiger partial charge in [-0.1, -0.05) is 32.4 Å². The molecule has 2 unspecified atom stereocenters. The van der Waals surface area contributed by atoms with Crippen LogP contribution in [0.4, 0.5) is 14.6 Å². The average Bonchev–Trinajstić information content (AvgIpc) is 3.51. The highest BCUT2D eigenvalue weighted by molar-refractivity contribution is 6.02. The second-order valence-corrected chi connectivity index (χ2v) is 16.3. The lowest BCUT2D eigenvalue weighted by Gasteiger charge is -2.51. The summed E-state index contributed by atoms with van der Waals surface area (Å²) in [5.74, 6) is -1.35. The number of β-amino-alcohol motifs (C(OH)–C–C–N with tert-alkyl or cyclic N) is 1. The molecule has 2 aromatic carbocycles. The maximum atomic E-state index is 17.2. The number of hydrogen-bond acceptors (Lipinski definition) is 11. The van der Waals surface area contributed by atoms with Crippen LogP contribution in [0.3, 0.4) is 0 Å². The number of methoxy groups -OCH3 is 1. The third-order valence-corrected chi connectivity index (χ3v) is 12.2. The molecule has 4 aliphatic rings. The summed E-state index contributed by atoms with van der Waals surface area (Å²) in [5, 5.41) is 33.1. The predicted octanol–water partition coefficient (Wildman–Crippen LogP) is 7.16. The van der Waals surface area contributed by atoms with Crippen molar-refractivity contribution in [2.24, 2.45) is 5.41 Å². The van der Waals surface area contributed by atoms with Gasteiger partial charge in [0.25, 0.3) is 0 Å². The molecule has 2 aliphatic carbocycles. The Morgan fingerprint density at radius 3 is 2.45 bits per heavy atom. The number of halogens is 2. The Morgan fingerprint density at radius 1 is 0.927 bits per heavy atom. The van der Waals surface area contributed by atoms with Gasteiger partial charge in [0.2, 0.25) is 5.88 Å². The zero-order valence-corrected chi connectivity index (χ0v) is 32.7. The Kier molecular flexibility index (Phi) is 11.1. The fourth-order valence-electron chi connectivity index (χ4n) is 9.60. The van der Waals surface area contributed by atoms with Crippen molar-refractivity contribution in [2.45, 2.75) is 109 Å². The number of rotatable bonds is 7. The van der Waals surface area contributed by atoms with Crippen LogP contribution in [0.15, 0.2) is 30.3 Å². The van der Waals surface area contributed by atoms with Gasteiger partial charge in [0.05, 0.1) is 39.1 Å². The Bertz CT molecular complexity index is 2020. The van der Waals surface area contributed by atoms with Gasteiger partial charge in [-0.25, -0.2) is 13.8 Å². The first-order valence-corrected chi connectivity index (χ1v) is 19.9. The van der Waals surface area contributed by atoms with Crippen LogP contribution in [0.25, 0.3) is 32.9 Å². The summed E-state index contributed by atoms with van der Waals surface area (Å²) in [5.41, 5.74) is -2.30. The number of likely N-dealkylation sites (tertiary alicyclic amines) is 1. The number of hydrogen-bond donors (Lipinski definition) is 3. The van der Waals surface area contributed by atoms with Gasteiger partial charge in [-0.2, -0.15) is 9.97 Å². The smallest absolute Gasteiger partial charge is 0.319 e. The topological polar surface area (TPSA) is 134 Å². The van der Waals surface area contributed by atoms with Crippen LogP contribution in [-0.2, 0) is 4.74 Å². The van der Waals surface area contributed by atoms with E-state index in [9.17, 15) is 15.3 Å². The van der Waals surface area contributed by atoms with Crippen LogP contribution in [0, 0.1) is 17.0 Å². The Hall–Kier alpha value is -3.91. The van der Waals surface area contributed by atoms with Crippen molar-refractivity contribution in [3.8, 4) is 28.9 Å². The maximum Gasteiger partial charge on any atom is 0.319 e. The molecule has 55 heavy (non-hydrogen) atoms. The predicted molar refractivity (Wildman–Crippen MR) is 208 cm³/mol. The third-order valence-electron chi connectivity index (χ3n) is 12.2. The third kappa shape index (κ3) is 7.65. The number of phenols is 1. The first-order valence-electron chi connectivity index (χ1n) is 19.9. The summed E-state index contributed by atoms with van der Waals surface area (Å²) in [4.78, 5) is 18.6. The molecular weight excluding hydrogens is 708 g/mol. The molecule has 0 radical (unpaired) electrons. The minimum atomic E-state index is -1.24. The van der Waals surface area contributed by atoms with E-state index in [0.29, 0.717) is 37.2 Å². The lowest BCUT2D eigenvalue weighted by atomic mass is 9.73. The molecule has 4 heterocycles. The molecule has 0 spiro atoms. The van der Waals surface area contributed by atoms with Crippen molar-refractivity contribution in [1.82, 2.24) is 19.9 Å². The van der Waals surface area contributed by atoms with E-state index in [0.717, 1.165) is 64.3 Å². The second kappa shape index (κ2) is 15.6. The zero-order chi connectivity index (χ0) is 39.1. The van der Waals surface area contributed by atoms with Crippen molar-refractivity contribution >= 4 is 27.5 Å². The van der Waals surface area contributed by atoms with Gasteiger partial charge in [-0.3, -0.25) is 4.90 Å². The molecule has 4 fully saturated rings. The number of ether oxygens (including phenoxy) is 3. The van der Waals surface area contributed by atoms with Crippen LogP contribution >= 0.6 is 0 Å². The molecule has 2 saturated heterocycles. The molecule has 298 valence electrons. The molecule has 0 bridgehead atoms. The molecule has 8 rings (SSSR count). The fraction of sp³-hybridized carbons (Fsp3) is 0.595. The van der Waals surface area contributed by atoms with Crippen molar-refractivity contribution in [2.75, 3.05) is 51.5 Å². The Labute approximate surface area is 321 Å². The molecular formula is C42H55F2N5O6. The highest BCUT2D eigenvalue weighted by Crippen LogP contribution is 2.50. The lowest BCUT2D eigenvalue weighted by molar-refractivity contribution is -0.0567. The Balaban J connectivity index is 0.00000229. The minimum absolute atomic E-state index is 0.000534. The molecule has 2 aliphatic heterocycles. The van der Waals surface area contributed by atoms with Gasteiger partial charge in [0, 0.05) is 35.0 Å². The molecule has 0 amide bonds. The van der Waals surface area contributed by atoms with E-state index >= 15 is 8.78 Å². The van der Waals surface area contributed by atoms with E-state index in [-0.39, 0.29) is 69.6 Å². The quantitative estimate of drug-likeness (QED) is 0.177. The number of benzene rings is 2. The molecule has 11 nitrogen and oxygen atoms in total. The van der Waals surface area contributed by atoms with Crippen molar-refractivity contribution in [3.63, 3.8) is 0 Å². The summed E-state index contributed by atoms with van der Waals surface area (Å²) in [7, 11) is 1.40. The van der Waals surface area contributed by atoms with E-state index < -0.39 is 22.8 Å². The number of nitrogens with zero attached hydrogens (tertiary/aromatic N) is 5. The number of aromatic nitrogens is 3. The van der Waals surface area contributed by atoms with Gasteiger partial charge in [0.15, 0.2) is 5.82 Å². The van der Waals surface area contributed by atoms with Crippen LogP contribution in [-0.4, -0.2) is 105 Å². The van der Waals surface area contributed by atoms with E-state index in [2.05, 4.69) is 14.9 Å². The molecule has 2 aromatic heterocycles. The largest absolute Gasteiger partial charge is 0.508 e. The standard InChI is InChI=1S/C40H49F2N5O6.C2H6/c1-38(49)14-10-25(11-15-38)47-16-6-13-40(12-5-9-29(40)47)23-53-37-44-34-31(35(45-37)46-17-18-52-22-39(2,50)21-46)36(51-3)43-33(32(34)42)27-20-26(48)19-24-7-4-8-28(41)30(24)27;1-2/h4,7-8,19-20,25,29,48-50H,5-6,9-18,21-23H2,1-3H3;1-2H3/t25?,29?,38?,39-,40?;/m0./s1. The van der Waals surface area contributed by atoms with E-state index in [4.69, 9.17) is 19.2 Å². The molecule has 3 N–H and O–H groups in total. The summed E-state index contributed by atoms with van der Waals surface area (Å²) in [6.07, 6.45) is 8.71. The summed E-state index contributed by atoms with van der Waals surface area (Å²) >= 11 is 0. The van der Waals surface area contributed by atoms with Crippen molar-refractivity contribution in [3.05, 3.63) is 42.0 Å². The number of fused-ring (bicyclic) bond motifs is 3. The molecule has 13 heteroatoms. The number of aromatic hydroxyl groups is 1. The van der Waals surface area contributed by atoms with Gasteiger partial charge < -0.3 is 34.4 Å². The lowest BCUT2D eigenvalue weighted by Crippen LogP contribution is -2.56. The first-order chi connectivity index (χ1) is 26.4. The maximum absolute atomic E-state index is 17.2. The Morgan fingerprint density at radius 2 is 1.69 bits per heavy atom. The van der Waals surface area contributed by atoms with Crippen LogP contribution in [0.2, 0.25) is 0 Å². The van der Waals surface area contributed by atoms with Crippen LogP contribution < -0.4 is 14.4 Å². The van der Waals surface area contributed by atoms with Gasteiger partial charge in [-0.05, 0) is 95.3 Å². The number of anilines is 1. The second-order valence-electron chi connectivity index (χ2n) is 16.3.